The van der Waals surface area contributed by atoms with Gasteiger partial charge >= 0.3 is 0 Å². The summed E-state index contributed by atoms with van der Waals surface area (Å²) < 4.78 is 25.9. The van der Waals surface area contributed by atoms with Crippen LogP contribution in [0.25, 0.3) is 0 Å². The first kappa shape index (κ1) is 13.2. The van der Waals surface area contributed by atoms with Crippen LogP contribution in [0.5, 0.6) is 0 Å². The zero-order valence-corrected chi connectivity index (χ0v) is 10.4. The fourth-order valence-electron chi connectivity index (χ4n) is 1.94. The Bertz CT molecular complexity index is 462. The minimum Gasteiger partial charge on any atom is -0.350 e. The highest BCUT2D eigenvalue weighted by Crippen LogP contribution is 2.20. The molecule has 1 saturated heterocycles. The van der Waals surface area contributed by atoms with Gasteiger partial charge in [-0.2, -0.15) is 0 Å². The van der Waals surface area contributed by atoms with Crippen LogP contribution in [-0.2, 0) is 0 Å². The van der Waals surface area contributed by atoms with Crippen LogP contribution in [0, 0.1) is 11.6 Å². The first-order valence-electron chi connectivity index (χ1n) is 5.74. The van der Waals surface area contributed by atoms with Crippen molar-refractivity contribution >= 4 is 17.5 Å². The second-order valence-electron chi connectivity index (χ2n) is 4.25. The van der Waals surface area contributed by atoms with Crippen LogP contribution in [0.3, 0.4) is 0 Å². The van der Waals surface area contributed by atoms with E-state index in [0.29, 0.717) is 6.54 Å². The van der Waals surface area contributed by atoms with Crippen molar-refractivity contribution in [2.45, 2.75) is 18.9 Å². The number of halogens is 3. The minimum absolute atomic E-state index is 0.0476. The highest BCUT2D eigenvalue weighted by molar-refractivity contribution is 6.33. The molecule has 1 aliphatic rings. The Morgan fingerprint density at radius 1 is 1.44 bits per heavy atom. The normalized spacial score (nSPS) is 18.9. The maximum atomic E-state index is 13.0. The number of carbonyl (C=O) groups excluding carboxylic acids is 1. The molecule has 1 aromatic carbocycles. The molecule has 1 unspecified atom stereocenters. The van der Waals surface area contributed by atoms with E-state index in [-0.39, 0.29) is 16.6 Å². The summed E-state index contributed by atoms with van der Waals surface area (Å²) >= 11 is 5.71. The lowest BCUT2D eigenvalue weighted by Gasteiger charge is -2.12. The number of rotatable bonds is 3. The third kappa shape index (κ3) is 2.97. The zero-order valence-electron chi connectivity index (χ0n) is 9.60. The van der Waals surface area contributed by atoms with E-state index < -0.39 is 17.5 Å². The van der Waals surface area contributed by atoms with Crippen LogP contribution < -0.4 is 10.6 Å². The summed E-state index contributed by atoms with van der Waals surface area (Å²) in [4.78, 5) is 11.8. The van der Waals surface area contributed by atoms with Crippen molar-refractivity contribution in [3.63, 3.8) is 0 Å². The van der Waals surface area contributed by atoms with Crippen molar-refractivity contribution < 1.29 is 13.6 Å². The summed E-state index contributed by atoms with van der Waals surface area (Å²) in [5, 5.41) is 5.78. The van der Waals surface area contributed by atoms with Gasteiger partial charge < -0.3 is 10.6 Å². The average molecular weight is 275 g/mol. The molecule has 0 spiro atoms. The van der Waals surface area contributed by atoms with Gasteiger partial charge in [0, 0.05) is 12.6 Å². The lowest BCUT2D eigenvalue weighted by atomic mass is 10.2. The maximum absolute atomic E-state index is 13.0. The summed E-state index contributed by atoms with van der Waals surface area (Å²) in [6, 6.07) is 1.85. The molecule has 1 aliphatic heterocycles. The number of hydrogen-bond acceptors (Lipinski definition) is 2. The van der Waals surface area contributed by atoms with Gasteiger partial charge in [-0.1, -0.05) is 11.6 Å². The largest absolute Gasteiger partial charge is 0.350 e. The molecule has 18 heavy (non-hydrogen) atoms. The molecule has 6 heteroatoms. The number of nitrogens with one attached hydrogen (secondary N) is 2. The van der Waals surface area contributed by atoms with Crippen molar-refractivity contribution in [3.05, 3.63) is 34.4 Å². The molecule has 0 radical (unpaired) electrons. The summed E-state index contributed by atoms with van der Waals surface area (Å²) in [5.74, 6) is -2.63. The monoisotopic (exact) mass is 274 g/mol. The van der Waals surface area contributed by atoms with E-state index in [1.54, 1.807) is 0 Å². The first-order chi connectivity index (χ1) is 8.58. The predicted octanol–water partition coefficient (Wildman–Crippen LogP) is 2.10. The van der Waals surface area contributed by atoms with Gasteiger partial charge in [0.1, 0.15) is 0 Å². The van der Waals surface area contributed by atoms with Crippen molar-refractivity contribution in [1.29, 1.82) is 0 Å². The fourth-order valence-corrected chi connectivity index (χ4v) is 2.17. The van der Waals surface area contributed by atoms with Crippen LogP contribution in [-0.4, -0.2) is 25.0 Å². The Morgan fingerprint density at radius 3 is 2.83 bits per heavy atom. The van der Waals surface area contributed by atoms with E-state index >= 15 is 0 Å². The zero-order chi connectivity index (χ0) is 13.1. The van der Waals surface area contributed by atoms with Gasteiger partial charge in [-0.15, -0.1) is 0 Å². The van der Waals surface area contributed by atoms with E-state index in [1.165, 1.54) is 0 Å². The molecule has 0 aromatic heterocycles. The van der Waals surface area contributed by atoms with E-state index in [4.69, 9.17) is 11.6 Å². The lowest BCUT2D eigenvalue weighted by Crippen LogP contribution is -2.37. The number of amides is 1. The third-order valence-corrected chi connectivity index (χ3v) is 3.24. The summed E-state index contributed by atoms with van der Waals surface area (Å²) in [6.07, 6.45) is 2.07. The van der Waals surface area contributed by atoms with Crippen LogP contribution in [0.2, 0.25) is 5.02 Å². The Kier molecular flexibility index (Phi) is 4.14. The number of hydrogen-bond donors (Lipinski definition) is 2. The highest BCUT2D eigenvalue weighted by Gasteiger charge is 2.18. The molecule has 2 N–H and O–H groups in total. The third-order valence-electron chi connectivity index (χ3n) is 2.93. The standard InChI is InChI=1S/C12H13ClF2N2O/c13-9-5-11(15)10(14)4-8(9)12(18)17-6-7-2-1-3-16-7/h4-5,7,16H,1-3,6H2,(H,17,18). The van der Waals surface area contributed by atoms with Gasteiger partial charge in [0.15, 0.2) is 11.6 Å². The van der Waals surface area contributed by atoms with Gasteiger partial charge in [0.25, 0.3) is 5.91 Å². The van der Waals surface area contributed by atoms with E-state index in [9.17, 15) is 13.6 Å². The smallest absolute Gasteiger partial charge is 0.252 e. The molecule has 2 rings (SSSR count). The average Bonchev–Trinajstić information content (AvgIpc) is 2.84. The minimum atomic E-state index is -1.08. The molecule has 0 aliphatic carbocycles. The molecular weight excluding hydrogens is 262 g/mol. The molecule has 3 nitrogen and oxygen atoms in total. The molecule has 1 fully saturated rings. The van der Waals surface area contributed by atoms with Gasteiger partial charge in [-0.05, 0) is 31.5 Å². The topological polar surface area (TPSA) is 41.1 Å². The summed E-state index contributed by atoms with van der Waals surface area (Å²) in [6.45, 7) is 1.39. The molecule has 1 amide bonds. The summed E-state index contributed by atoms with van der Waals surface area (Å²) in [5.41, 5.74) is -0.0476. The van der Waals surface area contributed by atoms with Crippen molar-refractivity contribution in [1.82, 2.24) is 10.6 Å². The maximum Gasteiger partial charge on any atom is 0.252 e. The van der Waals surface area contributed by atoms with Gasteiger partial charge in [-0.25, -0.2) is 8.78 Å². The number of benzene rings is 1. The van der Waals surface area contributed by atoms with E-state index in [1.807, 2.05) is 0 Å². The molecular formula is C12H13ClF2N2O. The van der Waals surface area contributed by atoms with Crippen molar-refractivity contribution in [3.8, 4) is 0 Å². The first-order valence-corrected chi connectivity index (χ1v) is 6.12. The molecule has 1 heterocycles. The van der Waals surface area contributed by atoms with Crippen LogP contribution in [0.1, 0.15) is 23.2 Å². The SMILES string of the molecule is O=C(NCC1CCCN1)c1cc(F)c(F)cc1Cl. The van der Waals surface area contributed by atoms with Crippen molar-refractivity contribution in [2.24, 2.45) is 0 Å². The second-order valence-corrected chi connectivity index (χ2v) is 4.66. The van der Waals surface area contributed by atoms with Crippen LogP contribution >= 0.6 is 11.6 Å². The van der Waals surface area contributed by atoms with E-state index in [0.717, 1.165) is 31.5 Å². The number of carbonyl (C=O) groups is 1. The Balaban J connectivity index is 2.01. The van der Waals surface area contributed by atoms with Crippen molar-refractivity contribution in [2.75, 3.05) is 13.1 Å². The van der Waals surface area contributed by atoms with Gasteiger partial charge in [-0.3, -0.25) is 4.79 Å². The lowest BCUT2D eigenvalue weighted by molar-refractivity contribution is 0.0950. The molecule has 0 bridgehead atoms. The molecule has 0 saturated carbocycles. The van der Waals surface area contributed by atoms with Gasteiger partial charge in [0.2, 0.25) is 0 Å². The Hall–Kier alpha value is -1.20. The highest BCUT2D eigenvalue weighted by atomic mass is 35.5. The Labute approximate surface area is 109 Å². The van der Waals surface area contributed by atoms with Crippen LogP contribution in [0.4, 0.5) is 8.78 Å². The summed E-state index contributed by atoms with van der Waals surface area (Å²) in [7, 11) is 0. The van der Waals surface area contributed by atoms with Gasteiger partial charge in [0.05, 0.1) is 10.6 Å². The Morgan fingerprint density at radius 2 is 2.17 bits per heavy atom. The molecule has 98 valence electrons. The quantitative estimate of drug-likeness (QED) is 0.829. The van der Waals surface area contributed by atoms with E-state index in [2.05, 4.69) is 10.6 Å². The molecule has 1 aromatic rings. The fraction of sp³-hybridized carbons (Fsp3) is 0.417. The predicted molar refractivity (Wildman–Crippen MR) is 64.7 cm³/mol. The van der Waals surface area contributed by atoms with Crippen LogP contribution in [0.15, 0.2) is 12.1 Å². The molecule has 1 atom stereocenters. The second kappa shape index (κ2) is 5.63.